The zero-order valence-electron chi connectivity index (χ0n) is 10.4. The standard InChI is InChI=1S/C14H17NO2/c1-10-4-11(2)6-12(5-10)14(9-17-3)13(7-15)8-16/h4-6,8,14,16H,9H2,1-3H3/b13-8+. The molecule has 1 rings (SSSR count). The second kappa shape index (κ2) is 6.07. The van der Waals surface area contributed by atoms with Crippen molar-refractivity contribution < 1.29 is 9.84 Å². The van der Waals surface area contributed by atoms with E-state index >= 15 is 0 Å². The summed E-state index contributed by atoms with van der Waals surface area (Å²) >= 11 is 0. The lowest BCUT2D eigenvalue weighted by Crippen LogP contribution is -2.09. The maximum atomic E-state index is 9.08. The van der Waals surface area contributed by atoms with Gasteiger partial charge in [-0.2, -0.15) is 5.26 Å². The molecule has 1 aromatic carbocycles. The Morgan fingerprint density at radius 2 is 2.00 bits per heavy atom. The molecule has 0 radical (unpaired) electrons. The molecule has 0 amide bonds. The average molecular weight is 231 g/mol. The van der Waals surface area contributed by atoms with Crippen molar-refractivity contribution in [2.75, 3.05) is 13.7 Å². The van der Waals surface area contributed by atoms with Crippen molar-refractivity contribution in [3.8, 4) is 6.07 Å². The third kappa shape index (κ3) is 3.33. The van der Waals surface area contributed by atoms with Gasteiger partial charge in [-0.3, -0.25) is 0 Å². The van der Waals surface area contributed by atoms with Crippen LogP contribution in [0.4, 0.5) is 0 Å². The molecule has 0 saturated carbocycles. The molecule has 0 aliphatic heterocycles. The van der Waals surface area contributed by atoms with E-state index in [-0.39, 0.29) is 5.92 Å². The van der Waals surface area contributed by atoms with Crippen molar-refractivity contribution in [2.24, 2.45) is 0 Å². The Labute approximate surface area is 102 Å². The number of hydrogen-bond acceptors (Lipinski definition) is 3. The highest BCUT2D eigenvalue weighted by atomic mass is 16.5. The van der Waals surface area contributed by atoms with Crippen molar-refractivity contribution in [2.45, 2.75) is 19.8 Å². The van der Waals surface area contributed by atoms with Crippen LogP contribution < -0.4 is 0 Å². The fraction of sp³-hybridized carbons (Fsp3) is 0.357. The summed E-state index contributed by atoms with van der Waals surface area (Å²) in [4.78, 5) is 0. The van der Waals surface area contributed by atoms with Crippen molar-refractivity contribution >= 4 is 0 Å². The summed E-state index contributed by atoms with van der Waals surface area (Å²) in [5, 5.41) is 18.1. The molecular formula is C14H17NO2. The summed E-state index contributed by atoms with van der Waals surface area (Å²) in [6.07, 6.45) is 0.862. The number of aliphatic hydroxyl groups is 1. The maximum Gasteiger partial charge on any atom is 0.0986 e. The average Bonchev–Trinajstić information content (AvgIpc) is 2.28. The van der Waals surface area contributed by atoms with E-state index in [1.165, 1.54) is 0 Å². The van der Waals surface area contributed by atoms with Gasteiger partial charge in [0.05, 0.1) is 24.5 Å². The number of benzene rings is 1. The zero-order chi connectivity index (χ0) is 12.8. The molecule has 17 heavy (non-hydrogen) atoms. The number of ether oxygens (including phenoxy) is 1. The van der Waals surface area contributed by atoms with Gasteiger partial charge in [-0.05, 0) is 19.4 Å². The van der Waals surface area contributed by atoms with Crippen LogP contribution in [0.25, 0.3) is 0 Å². The molecule has 0 aliphatic rings. The van der Waals surface area contributed by atoms with Gasteiger partial charge in [0, 0.05) is 13.0 Å². The molecule has 0 saturated heterocycles. The third-order valence-corrected chi connectivity index (χ3v) is 2.62. The van der Waals surface area contributed by atoms with Gasteiger partial charge in [0.1, 0.15) is 0 Å². The highest BCUT2D eigenvalue weighted by Crippen LogP contribution is 2.26. The SMILES string of the molecule is COCC(/C(C#N)=C/O)c1cc(C)cc(C)c1. The van der Waals surface area contributed by atoms with Crippen molar-refractivity contribution in [1.82, 2.24) is 0 Å². The van der Waals surface area contributed by atoms with Crippen LogP contribution in [-0.2, 0) is 4.74 Å². The first-order chi connectivity index (χ1) is 8.12. The van der Waals surface area contributed by atoms with Gasteiger partial charge in [0.2, 0.25) is 0 Å². The van der Waals surface area contributed by atoms with E-state index in [2.05, 4.69) is 6.07 Å². The summed E-state index contributed by atoms with van der Waals surface area (Å²) in [7, 11) is 1.59. The number of methoxy groups -OCH3 is 1. The number of aliphatic hydroxyl groups excluding tert-OH is 1. The summed E-state index contributed by atoms with van der Waals surface area (Å²) in [5.41, 5.74) is 3.58. The monoisotopic (exact) mass is 231 g/mol. The minimum absolute atomic E-state index is 0.214. The first-order valence-corrected chi connectivity index (χ1v) is 5.44. The molecule has 90 valence electrons. The minimum Gasteiger partial charge on any atom is -0.515 e. The summed E-state index contributed by atoms with van der Waals surface area (Å²) in [5.74, 6) is -0.214. The number of aryl methyl sites for hydroxylation is 2. The Balaban J connectivity index is 3.18. The van der Waals surface area contributed by atoms with Crippen LogP contribution in [0.2, 0.25) is 0 Å². The molecule has 3 nitrogen and oxygen atoms in total. The van der Waals surface area contributed by atoms with Gasteiger partial charge in [-0.1, -0.05) is 29.3 Å². The van der Waals surface area contributed by atoms with E-state index < -0.39 is 0 Å². The highest BCUT2D eigenvalue weighted by molar-refractivity contribution is 5.39. The lowest BCUT2D eigenvalue weighted by atomic mass is 9.91. The van der Waals surface area contributed by atoms with E-state index in [1.807, 2.05) is 32.0 Å². The summed E-state index contributed by atoms with van der Waals surface area (Å²) in [6, 6.07) is 8.10. The lowest BCUT2D eigenvalue weighted by molar-refractivity contribution is 0.188. The van der Waals surface area contributed by atoms with E-state index in [9.17, 15) is 0 Å². The Bertz CT molecular complexity index is 438. The fourth-order valence-electron chi connectivity index (χ4n) is 1.94. The number of nitriles is 1. The normalized spacial score (nSPS) is 13.2. The molecule has 0 spiro atoms. The molecule has 3 heteroatoms. The fourth-order valence-corrected chi connectivity index (χ4v) is 1.94. The Hall–Kier alpha value is -1.79. The van der Waals surface area contributed by atoms with Gasteiger partial charge >= 0.3 is 0 Å². The Morgan fingerprint density at radius 1 is 1.41 bits per heavy atom. The third-order valence-electron chi connectivity index (χ3n) is 2.62. The summed E-state index contributed by atoms with van der Waals surface area (Å²) in [6.45, 7) is 4.40. The largest absolute Gasteiger partial charge is 0.515 e. The smallest absolute Gasteiger partial charge is 0.0986 e. The van der Waals surface area contributed by atoms with Gasteiger partial charge in [0.25, 0.3) is 0 Å². The molecule has 1 aromatic rings. The molecule has 1 unspecified atom stereocenters. The predicted octanol–water partition coefficient (Wildman–Crippen LogP) is 3.00. The van der Waals surface area contributed by atoms with Crippen LogP contribution in [0.3, 0.4) is 0 Å². The van der Waals surface area contributed by atoms with Gasteiger partial charge in [-0.25, -0.2) is 0 Å². The second-order valence-corrected chi connectivity index (χ2v) is 4.13. The van der Waals surface area contributed by atoms with Crippen molar-refractivity contribution in [3.63, 3.8) is 0 Å². The highest BCUT2D eigenvalue weighted by Gasteiger charge is 2.17. The van der Waals surface area contributed by atoms with Crippen LogP contribution in [0.5, 0.6) is 0 Å². The van der Waals surface area contributed by atoms with E-state index in [0.29, 0.717) is 12.2 Å². The lowest BCUT2D eigenvalue weighted by Gasteiger charge is -2.16. The quantitative estimate of drug-likeness (QED) is 0.640. The number of hydrogen-bond donors (Lipinski definition) is 1. The number of nitrogens with zero attached hydrogens (tertiary/aromatic N) is 1. The minimum atomic E-state index is -0.214. The second-order valence-electron chi connectivity index (χ2n) is 4.13. The number of rotatable bonds is 4. The van der Waals surface area contributed by atoms with Crippen molar-refractivity contribution in [1.29, 1.82) is 5.26 Å². The van der Waals surface area contributed by atoms with E-state index in [1.54, 1.807) is 7.11 Å². The molecule has 0 bridgehead atoms. The van der Waals surface area contributed by atoms with Gasteiger partial charge in [-0.15, -0.1) is 0 Å². The van der Waals surface area contributed by atoms with Crippen LogP contribution >= 0.6 is 0 Å². The summed E-state index contributed by atoms with van der Waals surface area (Å²) < 4.78 is 5.12. The Kier molecular flexibility index (Phi) is 4.74. The van der Waals surface area contributed by atoms with Crippen LogP contribution in [-0.4, -0.2) is 18.8 Å². The Morgan fingerprint density at radius 3 is 2.41 bits per heavy atom. The molecule has 1 N–H and O–H groups in total. The van der Waals surface area contributed by atoms with Gasteiger partial charge < -0.3 is 9.84 Å². The maximum absolute atomic E-state index is 9.08. The van der Waals surface area contributed by atoms with Crippen LogP contribution in [0.1, 0.15) is 22.6 Å². The first-order valence-electron chi connectivity index (χ1n) is 5.44. The molecule has 1 atom stereocenters. The first kappa shape index (κ1) is 13.3. The predicted molar refractivity (Wildman–Crippen MR) is 66.9 cm³/mol. The molecule has 0 aromatic heterocycles. The molecule has 0 heterocycles. The van der Waals surface area contributed by atoms with E-state index in [0.717, 1.165) is 23.0 Å². The zero-order valence-corrected chi connectivity index (χ0v) is 10.4. The molecule has 0 fully saturated rings. The van der Waals surface area contributed by atoms with Gasteiger partial charge in [0.15, 0.2) is 0 Å². The van der Waals surface area contributed by atoms with E-state index in [4.69, 9.17) is 15.1 Å². The topological polar surface area (TPSA) is 53.2 Å². The molecular weight excluding hydrogens is 214 g/mol. The van der Waals surface area contributed by atoms with Crippen molar-refractivity contribution in [3.05, 3.63) is 46.7 Å². The molecule has 0 aliphatic carbocycles. The van der Waals surface area contributed by atoms with Crippen LogP contribution in [0.15, 0.2) is 30.0 Å². The van der Waals surface area contributed by atoms with Crippen LogP contribution in [0, 0.1) is 25.2 Å².